The molecule has 5 rings (SSSR count). The van der Waals surface area contributed by atoms with Gasteiger partial charge in [0.05, 0.1) is 34.2 Å². The SMILES string of the molecule is NC(=O)c1ccc(F)c([C@@H]2N=C(c3ccccc3)c3ccccc3NC2=O)c1N1CCS(=O)(=O)CC1. The van der Waals surface area contributed by atoms with Crippen LogP contribution in [-0.4, -0.2) is 50.5 Å². The number of carbonyl (C=O) groups excluding carboxylic acids is 2. The number of benzene rings is 3. The number of rotatable bonds is 4. The maximum absolute atomic E-state index is 15.6. The molecule has 8 nitrogen and oxygen atoms in total. The van der Waals surface area contributed by atoms with Gasteiger partial charge in [-0.3, -0.25) is 14.6 Å². The lowest BCUT2D eigenvalue weighted by molar-refractivity contribution is -0.117. The summed E-state index contributed by atoms with van der Waals surface area (Å²) in [6, 6.07) is 17.3. The van der Waals surface area contributed by atoms with Gasteiger partial charge in [-0.1, -0.05) is 48.5 Å². The van der Waals surface area contributed by atoms with E-state index in [4.69, 9.17) is 10.7 Å². The fourth-order valence-electron chi connectivity index (χ4n) is 4.60. The molecule has 0 saturated carbocycles. The largest absolute Gasteiger partial charge is 0.368 e. The highest BCUT2D eigenvalue weighted by molar-refractivity contribution is 7.91. The van der Waals surface area contributed by atoms with E-state index in [1.165, 1.54) is 6.07 Å². The molecule has 2 aliphatic heterocycles. The lowest BCUT2D eigenvalue weighted by atomic mass is 9.97. The van der Waals surface area contributed by atoms with Crippen molar-refractivity contribution < 1.29 is 22.4 Å². The number of halogens is 1. The van der Waals surface area contributed by atoms with Gasteiger partial charge in [0, 0.05) is 29.8 Å². The number of hydrogen-bond donors (Lipinski definition) is 2. The topological polar surface area (TPSA) is 122 Å². The maximum atomic E-state index is 15.6. The third-order valence-electron chi connectivity index (χ3n) is 6.36. The predicted octanol–water partition coefficient (Wildman–Crippen LogP) is 2.69. The second kappa shape index (κ2) is 9.19. The zero-order valence-electron chi connectivity index (χ0n) is 19.1. The zero-order chi connectivity index (χ0) is 25.4. The Morgan fingerprint density at radius 3 is 2.36 bits per heavy atom. The number of hydrogen-bond acceptors (Lipinski definition) is 6. The summed E-state index contributed by atoms with van der Waals surface area (Å²) in [5.74, 6) is -2.47. The van der Waals surface area contributed by atoms with Gasteiger partial charge in [-0.15, -0.1) is 0 Å². The molecule has 1 atom stereocenters. The summed E-state index contributed by atoms with van der Waals surface area (Å²) in [7, 11) is -3.26. The molecule has 2 amide bonds. The molecule has 0 aromatic heterocycles. The molecule has 1 saturated heterocycles. The van der Waals surface area contributed by atoms with Crippen molar-refractivity contribution in [3.8, 4) is 0 Å². The molecule has 3 aromatic rings. The highest BCUT2D eigenvalue weighted by Crippen LogP contribution is 2.38. The minimum Gasteiger partial charge on any atom is -0.368 e. The number of anilines is 2. The quantitative estimate of drug-likeness (QED) is 0.564. The monoisotopic (exact) mass is 506 g/mol. The Kier molecular flexibility index (Phi) is 6.05. The van der Waals surface area contributed by atoms with Crippen LogP contribution in [0.4, 0.5) is 15.8 Å². The lowest BCUT2D eigenvalue weighted by Crippen LogP contribution is -2.42. The smallest absolute Gasteiger partial charge is 0.253 e. The number of nitrogens with two attached hydrogens (primary N) is 1. The molecule has 2 aliphatic rings. The number of aliphatic imine (C=N–C) groups is 1. The number of para-hydroxylation sites is 1. The predicted molar refractivity (Wildman–Crippen MR) is 136 cm³/mol. The summed E-state index contributed by atoms with van der Waals surface area (Å²) in [4.78, 5) is 32.2. The summed E-state index contributed by atoms with van der Waals surface area (Å²) >= 11 is 0. The van der Waals surface area contributed by atoms with Crippen LogP contribution in [0.15, 0.2) is 71.7 Å². The van der Waals surface area contributed by atoms with Crippen molar-refractivity contribution in [2.45, 2.75) is 6.04 Å². The number of primary amides is 1. The van der Waals surface area contributed by atoms with E-state index in [1.54, 1.807) is 17.0 Å². The number of amides is 2. The molecule has 3 aromatic carbocycles. The first-order valence-corrected chi connectivity index (χ1v) is 13.2. The Bertz CT molecular complexity index is 1490. The van der Waals surface area contributed by atoms with Gasteiger partial charge < -0.3 is 16.0 Å². The molecule has 0 unspecified atom stereocenters. The molecular formula is C26H23FN4O4S. The number of benzodiazepines with no additional fused rings is 1. The molecule has 36 heavy (non-hydrogen) atoms. The summed E-state index contributed by atoms with van der Waals surface area (Å²) in [6.45, 7) is 0.0613. The van der Waals surface area contributed by atoms with E-state index >= 15 is 4.39 Å². The van der Waals surface area contributed by atoms with Crippen LogP contribution in [0.1, 0.15) is 33.1 Å². The van der Waals surface area contributed by atoms with Crippen molar-refractivity contribution in [2.75, 3.05) is 34.8 Å². The van der Waals surface area contributed by atoms with E-state index < -0.39 is 33.5 Å². The number of fused-ring (bicyclic) bond motifs is 1. The van der Waals surface area contributed by atoms with Crippen LogP contribution >= 0.6 is 0 Å². The second-order valence-corrected chi connectivity index (χ2v) is 10.9. The van der Waals surface area contributed by atoms with E-state index in [2.05, 4.69) is 5.32 Å². The Labute approximate surface area is 207 Å². The summed E-state index contributed by atoms with van der Waals surface area (Å²) in [6.07, 6.45) is 0. The van der Waals surface area contributed by atoms with Crippen LogP contribution in [0.25, 0.3) is 0 Å². The molecule has 1 fully saturated rings. The Hall–Kier alpha value is -4.05. The molecule has 184 valence electrons. The molecule has 0 radical (unpaired) electrons. The minimum atomic E-state index is -3.26. The van der Waals surface area contributed by atoms with Crippen molar-refractivity contribution in [2.24, 2.45) is 10.7 Å². The fourth-order valence-corrected chi connectivity index (χ4v) is 5.80. The number of carbonyl (C=O) groups is 2. The molecule has 10 heteroatoms. The van der Waals surface area contributed by atoms with Crippen molar-refractivity contribution in [3.05, 3.63) is 94.8 Å². The van der Waals surface area contributed by atoms with Crippen LogP contribution in [-0.2, 0) is 14.6 Å². The Morgan fingerprint density at radius 1 is 1.00 bits per heavy atom. The highest BCUT2D eigenvalue weighted by atomic mass is 32.2. The summed E-state index contributed by atoms with van der Waals surface area (Å²) in [5, 5.41) is 2.84. The average molecular weight is 507 g/mol. The first-order chi connectivity index (χ1) is 17.2. The fraction of sp³-hybridized carbons (Fsp3) is 0.192. The Morgan fingerprint density at radius 2 is 1.67 bits per heavy atom. The van der Waals surface area contributed by atoms with Gasteiger partial charge in [0.25, 0.3) is 11.8 Å². The zero-order valence-corrected chi connectivity index (χ0v) is 20.0. The van der Waals surface area contributed by atoms with E-state index in [1.807, 2.05) is 42.5 Å². The van der Waals surface area contributed by atoms with E-state index in [9.17, 15) is 18.0 Å². The third kappa shape index (κ3) is 4.35. The van der Waals surface area contributed by atoms with Crippen molar-refractivity contribution in [1.29, 1.82) is 0 Å². The van der Waals surface area contributed by atoms with Gasteiger partial charge in [0.2, 0.25) is 0 Å². The maximum Gasteiger partial charge on any atom is 0.253 e. The molecule has 0 bridgehead atoms. The van der Waals surface area contributed by atoms with Gasteiger partial charge >= 0.3 is 0 Å². The second-order valence-electron chi connectivity index (χ2n) is 8.64. The van der Waals surface area contributed by atoms with Crippen molar-refractivity contribution in [1.82, 2.24) is 0 Å². The van der Waals surface area contributed by atoms with Crippen LogP contribution in [0.2, 0.25) is 0 Å². The summed E-state index contributed by atoms with van der Waals surface area (Å²) in [5.41, 5.74) is 7.99. The third-order valence-corrected chi connectivity index (χ3v) is 7.97. The van der Waals surface area contributed by atoms with Gasteiger partial charge in [-0.25, -0.2) is 12.8 Å². The highest BCUT2D eigenvalue weighted by Gasteiger charge is 2.35. The van der Waals surface area contributed by atoms with E-state index in [0.29, 0.717) is 17.0 Å². The van der Waals surface area contributed by atoms with Crippen LogP contribution in [0.5, 0.6) is 0 Å². The van der Waals surface area contributed by atoms with Gasteiger partial charge in [-0.05, 0) is 18.2 Å². The number of nitrogens with one attached hydrogen (secondary N) is 1. The average Bonchev–Trinajstić information content (AvgIpc) is 3.00. The van der Waals surface area contributed by atoms with E-state index in [0.717, 1.165) is 11.6 Å². The number of nitrogens with zero attached hydrogens (tertiary/aromatic N) is 2. The molecule has 3 N–H and O–H groups in total. The lowest BCUT2D eigenvalue weighted by Gasteiger charge is -2.33. The number of sulfone groups is 1. The van der Waals surface area contributed by atoms with Gasteiger partial charge in [0.15, 0.2) is 15.9 Å². The molecule has 0 aliphatic carbocycles. The van der Waals surface area contributed by atoms with Crippen molar-refractivity contribution >= 4 is 38.7 Å². The van der Waals surface area contributed by atoms with Gasteiger partial charge in [-0.2, -0.15) is 0 Å². The van der Waals surface area contributed by atoms with Crippen LogP contribution in [0, 0.1) is 5.82 Å². The van der Waals surface area contributed by atoms with Crippen LogP contribution < -0.4 is 16.0 Å². The Balaban J connectivity index is 1.74. The minimum absolute atomic E-state index is 0.00304. The first kappa shape index (κ1) is 23.7. The van der Waals surface area contributed by atoms with E-state index in [-0.39, 0.29) is 41.4 Å². The van der Waals surface area contributed by atoms with Gasteiger partial charge in [0.1, 0.15) is 5.82 Å². The molecule has 2 heterocycles. The van der Waals surface area contributed by atoms with Crippen LogP contribution in [0.3, 0.4) is 0 Å². The van der Waals surface area contributed by atoms with Crippen molar-refractivity contribution in [3.63, 3.8) is 0 Å². The molecule has 0 spiro atoms. The normalized spacial score (nSPS) is 19.0. The summed E-state index contributed by atoms with van der Waals surface area (Å²) < 4.78 is 39.7. The standard InChI is InChI=1S/C26H23FN4O4S/c27-19-11-10-18(25(28)32)24(31-12-14-36(34,35)15-13-31)21(19)23-26(33)29-20-9-5-4-8-17(20)22(30-23)16-6-2-1-3-7-16/h1-11,23H,12-15H2,(H2,28,32)(H,29,33)/t23-/m0/s1. The first-order valence-electron chi connectivity index (χ1n) is 11.4. The molecular weight excluding hydrogens is 483 g/mol.